The van der Waals surface area contributed by atoms with Crippen LogP contribution in [-0.4, -0.2) is 31.6 Å². The second-order valence-corrected chi connectivity index (χ2v) is 9.03. The van der Waals surface area contributed by atoms with E-state index >= 15 is 0 Å². The van der Waals surface area contributed by atoms with Crippen molar-refractivity contribution in [2.24, 2.45) is 0 Å². The summed E-state index contributed by atoms with van der Waals surface area (Å²) in [4.78, 5) is 16.0. The number of carbonyl (C=O) groups excluding carboxylic acids is 1. The fourth-order valence-electron chi connectivity index (χ4n) is 3.73. The topological polar surface area (TPSA) is 38.8 Å². The average Bonchev–Trinajstić information content (AvgIpc) is 3.18. The molecule has 4 rings (SSSR count). The number of rotatable bonds is 4. The molecule has 0 N–H and O–H groups in total. The first-order chi connectivity index (χ1) is 13.6. The van der Waals surface area contributed by atoms with Gasteiger partial charge in [0, 0.05) is 6.54 Å². The normalized spacial score (nSPS) is 15.8. The van der Waals surface area contributed by atoms with Gasteiger partial charge >= 0.3 is 0 Å². The molecule has 1 unspecified atom stereocenters. The summed E-state index contributed by atoms with van der Waals surface area (Å²) >= 11 is 4.92. The third kappa shape index (κ3) is 3.42. The Morgan fingerprint density at radius 3 is 2.43 bits per heavy atom. The summed E-state index contributed by atoms with van der Waals surface area (Å²) in [5.41, 5.74) is 3.35. The molecule has 1 aromatic heterocycles. The summed E-state index contributed by atoms with van der Waals surface area (Å²) < 4.78 is 12.0. The molecule has 0 fully saturated rings. The minimum atomic E-state index is -0.168. The maximum absolute atomic E-state index is 13.3. The van der Waals surface area contributed by atoms with Crippen molar-refractivity contribution in [2.75, 3.05) is 20.8 Å². The fourth-order valence-corrected chi connectivity index (χ4v) is 5.07. The van der Waals surface area contributed by atoms with Gasteiger partial charge in [0.1, 0.15) is 0 Å². The Kier molecular flexibility index (Phi) is 5.42. The van der Waals surface area contributed by atoms with Crippen LogP contribution in [0.2, 0.25) is 0 Å². The molecular formula is C22H20BrNO3S. The fraction of sp³-hybridized carbons (Fsp3) is 0.227. The van der Waals surface area contributed by atoms with Gasteiger partial charge in [0.05, 0.1) is 28.9 Å². The van der Waals surface area contributed by atoms with Crippen molar-refractivity contribution in [2.45, 2.75) is 12.5 Å². The summed E-state index contributed by atoms with van der Waals surface area (Å²) in [5.74, 6) is 1.44. The van der Waals surface area contributed by atoms with Gasteiger partial charge in [-0.25, -0.2) is 0 Å². The second-order valence-electron chi connectivity index (χ2n) is 6.57. The van der Waals surface area contributed by atoms with E-state index in [9.17, 15) is 4.79 Å². The molecule has 2 aromatic carbocycles. The Morgan fingerprint density at radius 2 is 1.79 bits per heavy atom. The SMILES string of the molecule is COc1cc2c(cc1OC)C(c1ccccc1)N(C(=O)c1ccc(Br)s1)CC2. The number of ether oxygens (including phenoxy) is 2. The highest BCUT2D eigenvalue weighted by Gasteiger charge is 2.34. The van der Waals surface area contributed by atoms with E-state index in [0.29, 0.717) is 12.3 Å². The lowest BCUT2D eigenvalue weighted by molar-refractivity contribution is 0.0699. The first kappa shape index (κ1) is 19.0. The zero-order valence-electron chi connectivity index (χ0n) is 15.6. The van der Waals surface area contributed by atoms with Crippen LogP contribution >= 0.6 is 27.3 Å². The van der Waals surface area contributed by atoms with Crippen molar-refractivity contribution in [1.29, 1.82) is 0 Å². The third-order valence-corrected chi connectivity index (χ3v) is 6.65. The zero-order valence-corrected chi connectivity index (χ0v) is 18.0. The molecule has 0 saturated carbocycles. The predicted molar refractivity (Wildman–Crippen MR) is 115 cm³/mol. The Morgan fingerprint density at radius 1 is 1.07 bits per heavy atom. The molecule has 3 aromatic rings. The number of halogens is 1. The standard InChI is InChI=1S/C22H20BrNO3S/c1-26-17-12-15-10-11-24(22(25)19-8-9-20(23)28-19)21(14-6-4-3-5-7-14)16(15)13-18(17)27-2/h3-9,12-13,21H,10-11H2,1-2H3. The van der Waals surface area contributed by atoms with Gasteiger partial charge in [-0.3, -0.25) is 4.79 Å². The van der Waals surface area contributed by atoms with Gasteiger partial charge in [0.25, 0.3) is 5.91 Å². The van der Waals surface area contributed by atoms with E-state index in [4.69, 9.17) is 9.47 Å². The number of fused-ring (bicyclic) bond motifs is 1. The van der Waals surface area contributed by atoms with Gasteiger partial charge in [0.15, 0.2) is 11.5 Å². The number of thiophene rings is 1. The van der Waals surface area contributed by atoms with Crippen LogP contribution in [0, 0.1) is 0 Å². The summed E-state index contributed by atoms with van der Waals surface area (Å²) in [6, 6.07) is 17.8. The molecule has 1 aliphatic rings. The highest BCUT2D eigenvalue weighted by molar-refractivity contribution is 9.11. The number of hydrogen-bond acceptors (Lipinski definition) is 4. The second kappa shape index (κ2) is 7.97. The molecule has 0 saturated heterocycles. The molecule has 144 valence electrons. The first-order valence-corrected chi connectivity index (χ1v) is 10.6. The van der Waals surface area contributed by atoms with Gasteiger partial charge < -0.3 is 14.4 Å². The van der Waals surface area contributed by atoms with Crippen molar-refractivity contribution < 1.29 is 14.3 Å². The minimum Gasteiger partial charge on any atom is -0.493 e. The number of carbonyl (C=O) groups is 1. The first-order valence-electron chi connectivity index (χ1n) is 8.98. The number of nitrogens with zero attached hydrogens (tertiary/aromatic N) is 1. The van der Waals surface area contributed by atoms with Crippen molar-refractivity contribution in [1.82, 2.24) is 4.90 Å². The Bertz CT molecular complexity index is 1000. The van der Waals surface area contributed by atoms with Gasteiger partial charge in [-0.05, 0) is 63.3 Å². The van der Waals surface area contributed by atoms with Crippen molar-refractivity contribution in [3.05, 3.63) is 80.0 Å². The molecule has 0 bridgehead atoms. The molecule has 1 atom stereocenters. The molecule has 1 aliphatic heterocycles. The van der Waals surface area contributed by atoms with Crippen LogP contribution in [0.5, 0.6) is 11.5 Å². The summed E-state index contributed by atoms with van der Waals surface area (Å²) in [6.07, 6.45) is 0.775. The molecule has 4 nitrogen and oxygen atoms in total. The summed E-state index contributed by atoms with van der Waals surface area (Å²) in [5, 5.41) is 0. The van der Waals surface area contributed by atoms with Crippen LogP contribution in [0.1, 0.15) is 32.4 Å². The molecule has 0 aliphatic carbocycles. The molecule has 2 heterocycles. The van der Waals surface area contributed by atoms with Crippen LogP contribution in [0.15, 0.2) is 58.4 Å². The largest absolute Gasteiger partial charge is 0.493 e. The van der Waals surface area contributed by atoms with E-state index in [1.165, 1.54) is 16.9 Å². The number of hydrogen-bond donors (Lipinski definition) is 0. The van der Waals surface area contributed by atoms with E-state index in [1.807, 2.05) is 47.4 Å². The van der Waals surface area contributed by atoms with E-state index in [2.05, 4.69) is 28.1 Å². The lowest BCUT2D eigenvalue weighted by Gasteiger charge is -2.38. The lowest BCUT2D eigenvalue weighted by Crippen LogP contribution is -2.40. The Balaban J connectivity index is 1.84. The van der Waals surface area contributed by atoms with Crippen LogP contribution in [0.3, 0.4) is 0 Å². The molecule has 28 heavy (non-hydrogen) atoms. The van der Waals surface area contributed by atoms with Crippen molar-refractivity contribution in [3.8, 4) is 11.5 Å². The molecule has 6 heteroatoms. The summed E-state index contributed by atoms with van der Waals surface area (Å²) in [6.45, 7) is 0.649. The lowest BCUT2D eigenvalue weighted by atomic mass is 9.87. The predicted octanol–water partition coefficient (Wildman–Crippen LogP) is 5.32. The third-order valence-electron chi connectivity index (χ3n) is 5.03. The van der Waals surface area contributed by atoms with Crippen LogP contribution < -0.4 is 9.47 Å². The highest BCUT2D eigenvalue weighted by Crippen LogP contribution is 2.41. The number of benzene rings is 2. The van der Waals surface area contributed by atoms with Gasteiger partial charge in [-0.15, -0.1) is 11.3 Å². The maximum atomic E-state index is 13.3. The number of amides is 1. The van der Waals surface area contributed by atoms with E-state index in [-0.39, 0.29) is 11.9 Å². The van der Waals surface area contributed by atoms with Gasteiger partial charge in [0.2, 0.25) is 0 Å². The molecule has 1 amide bonds. The summed E-state index contributed by atoms with van der Waals surface area (Å²) in [7, 11) is 3.28. The smallest absolute Gasteiger partial charge is 0.264 e. The quantitative estimate of drug-likeness (QED) is 0.532. The molecule has 0 spiro atoms. The van der Waals surface area contributed by atoms with Crippen LogP contribution in [0.25, 0.3) is 0 Å². The van der Waals surface area contributed by atoms with Crippen molar-refractivity contribution >= 4 is 33.2 Å². The Labute approximate surface area is 176 Å². The Hall–Kier alpha value is -2.31. The van der Waals surface area contributed by atoms with Crippen LogP contribution in [-0.2, 0) is 6.42 Å². The van der Waals surface area contributed by atoms with Gasteiger partial charge in [-0.2, -0.15) is 0 Å². The zero-order chi connectivity index (χ0) is 19.7. The monoisotopic (exact) mass is 457 g/mol. The van der Waals surface area contributed by atoms with E-state index < -0.39 is 0 Å². The van der Waals surface area contributed by atoms with E-state index in [1.54, 1.807) is 14.2 Å². The van der Waals surface area contributed by atoms with Crippen molar-refractivity contribution in [3.63, 3.8) is 0 Å². The molecular weight excluding hydrogens is 438 g/mol. The van der Waals surface area contributed by atoms with Gasteiger partial charge in [-0.1, -0.05) is 30.3 Å². The van der Waals surface area contributed by atoms with Crippen LogP contribution in [0.4, 0.5) is 0 Å². The highest BCUT2D eigenvalue weighted by atomic mass is 79.9. The number of methoxy groups -OCH3 is 2. The molecule has 0 radical (unpaired) electrons. The van der Waals surface area contributed by atoms with E-state index in [0.717, 1.165) is 32.0 Å². The average molecular weight is 458 g/mol. The maximum Gasteiger partial charge on any atom is 0.264 e. The minimum absolute atomic E-state index is 0.0463.